The molecule has 0 aromatic heterocycles. The van der Waals surface area contributed by atoms with Crippen LogP contribution in [0.15, 0.2) is 18.2 Å². The van der Waals surface area contributed by atoms with Crippen LogP contribution < -0.4 is 20.1 Å². The zero-order valence-electron chi connectivity index (χ0n) is 19.9. The van der Waals surface area contributed by atoms with E-state index in [1.54, 1.807) is 25.1 Å². The fourth-order valence-electron chi connectivity index (χ4n) is 7.68. The summed E-state index contributed by atoms with van der Waals surface area (Å²) in [6, 6.07) is 4.71. The second kappa shape index (κ2) is 7.62. The number of rotatable bonds is 5. The van der Waals surface area contributed by atoms with E-state index < -0.39 is 17.5 Å². The van der Waals surface area contributed by atoms with Gasteiger partial charge in [-0.1, -0.05) is 6.07 Å². The van der Waals surface area contributed by atoms with Crippen LogP contribution in [0, 0.1) is 23.2 Å². The van der Waals surface area contributed by atoms with E-state index >= 15 is 0 Å². The van der Waals surface area contributed by atoms with Crippen molar-refractivity contribution >= 4 is 17.8 Å². The van der Waals surface area contributed by atoms with Crippen LogP contribution in [0.2, 0.25) is 0 Å². The quantitative estimate of drug-likeness (QED) is 0.649. The summed E-state index contributed by atoms with van der Waals surface area (Å²) in [4.78, 5) is 40.1. The Hall–Kier alpha value is -2.77. The van der Waals surface area contributed by atoms with Gasteiger partial charge in [-0.15, -0.1) is 0 Å². The van der Waals surface area contributed by atoms with E-state index in [2.05, 4.69) is 17.6 Å². The Kier molecular flexibility index (Phi) is 4.87. The molecule has 34 heavy (non-hydrogen) atoms. The number of fused-ring (bicyclic) bond motifs is 1. The zero-order valence-corrected chi connectivity index (χ0v) is 19.9. The van der Waals surface area contributed by atoms with Crippen LogP contribution in [0.25, 0.3) is 0 Å². The zero-order chi connectivity index (χ0) is 23.7. The molecule has 6 aliphatic rings. The van der Waals surface area contributed by atoms with E-state index in [0.29, 0.717) is 30.3 Å². The minimum atomic E-state index is -1.27. The lowest BCUT2D eigenvalue weighted by Crippen LogP contribution is -2.57. The van der Waals surface area contributed by atoms with Crippen LogP contribution in [0.3, 0.4) is 0 Å². The molecular weight excluding hydrogens is 434 g/mol. The summed E-state index contributed by atoms with van der Waals surface area (Å²) in [5.41, 5.74) is -0.500. The van der Waals surface area contributed by atoms with Crippen molar-refractivity contribution in [3.8, 4) is 11.5 Å². The van der Waals surface area contributed by atoms with Gasteiger partial charge in [-0.2, -0.15) is 0 Å². The van der Waals surface area contributed by atoms with Crippen LogP contribution in [0.1, 0.15) is 57.9 Å². The molecule has 4 aliphatic carbocycles. The fraction of sp³-hybridized carbons (Fsp3) is 0.654. The first-order valence-electron chi connectivity index (χ1n) is 12.6. The van der Waals surface area contributed by atoms with Gasteiger partial charge < -0.3 is 20.1 Å². The van der Waals surface area contributed by atoms with Gasteiger partial charge >= 0.3 is 6.03 Å². The van der Waals surface area contributed by atoms with Crippen LogP contribution >= 0.6 is 0 Å². The predicted molar refractivity (Wildman–Crippen MR) is 123 cm³/mol. The molecule has 182 valence electrons. The molecular formula is C26H33N3O5. The maximum Gasteiger partial charge on any atom is 0.325 e. The van der Waals surface area contributed by atoms with E-state index in [0.717, 1.165) is 22.7 Å². The smallest absolute Gasteiger partial charge is 0.325 e. The molecule has 1 saturated heterocycles. The molecule has 7 rings (SSSR count). The number of carbonyl (C=O) groups is 3. The van der Waals surface area contributed by atoms with Crippen molar-refractivity contribution in [3.05, 3.63) is 23.8 Å². The average molecular weight is 468 g/mol. The Labute approximate surface area is 199 Å². The molecule has 2 aliphatic heterocycles. The minimum absolute atomic E-state index is 0.0401. The number of hydrogen-bond donors (Lipinski definition) is 2. The van der Waals surface area contributed by atoms with Crippen LogP contribution in [-0.2, 0) is 15.1 Å². The van der Waals surface area contributed by atoms with Gasteiger partial charge in [0.25, 0.3) is 5.91 Å². The summed E-state index contributed by atoms with van der Waals surface area (Å²) < 4.78 is 11.2. The third-order valence-electron chi connectivity index (χ3n) is 9.08. The summed E-state index contributed by atoms with van der Waals surface area (Å²) in [5.74, 6) is 2.83. The summed E-state index contributed by atoms with van der Waals surface area (Å²) in [7, 11) is 0. The van der Waals surface area contributed by atoms with Crippen molar-refractivity contribution in [2.24, 2.45) is 23.2 Å². The number of nitrogens with zero attached hydrogens (tertiary/aromatic N) is 1. The van der Waals surface area contributed by atoms with Crippen molar-refractivity contribution < 1.29 is 23.9 Å². The number of imide groups is 1. The van der Waals surface area contributed by atoms with Gasteiger partial charge in [-0.05, 0) is 93.2 Å². The molecule has 4 amide bonds. The highest BCUT2D eigenvalue weighted by Gasteiger charge is 2.54. The molecule has 0 unspecified atom stereocenters. The molecule has 8 heteroatoms. The molecule has 2 atom stereocenters. The van der Waals surface area contributed by atoms with Gasteiger partial charge in [0.15, 0.2) is 11.5 Å². The summed E-state index contributed by atoms with van der Waals surface area (Å²) in [5, 5.41) is 5.95. The van der Waals surface area contributed by atoms with E-state index in [-0.39, 0.29) is 23.9 Å². The van der Waals surface area contributed by atoms with Gasteiger partial charge in [-0.3, -0.25) is 14.5 Å². The molecule has 5 fully saturated rings. The Morgan fingerprint density at radius 2 is 1.71 bits per heavy atom. The van der Waals surface area contributed by atoms with Gasteiger partial charge in [0.1, 0.15) is 25.3 Å². The fourth-order valence-corrected chi connectivity index (χ4v) is 7.68. The highest BCUT2D eigenvalue weighted by atomic mass is 16.6. The van der Waals surface area contributed by atoms with E-state index in [1.165, 1.54) is 38.5 Å². The van der Waals surface area contributed by atoms with Gasteiger partial charge in [0, 0.05) is 6.04 Å². The van der Waals surface area contributed by atoms with E-state index in [4.69, 9.17) is 9.47 Å². The first kappa shape index (κ1) is 21.7. The van der Waals surface area contributed by atoms with E-state index in [1.807, 2.05) is 0 Å². The minimum Gasteiger partial charge on any atom is -0.486 e. The second-order valence-electron chi connectivity index (χ2n) is 11.4. The third-order valence-corrected chi connectivity index (χ3v) is 9.08. The number of ether oxygens (including phenoxy) is 2. The topological polar surface area (TPSA) is 97.0 Å². The normalized spacial score (nSPS) is 36.4. The number of amides is 4. The van der Waals surface area contributed by atoms with Crippen molar-refractivity contribution in [1.82, 2.24) is 15.5 Å². The number of nitrogens with one attached hydrogen (secondary N) is 2. The Bertz CT molecular complexity index is 1020. The SMILES string of the molecule is C[C@@H](NC(=O)CN1C(=O)N[C@@](C)(c2ccc3c(c2)OCCO3)C1=O)C12CC3CC(CC(C3)C1)C2. The van der Waals surface area contributed by atoms with Crippen molar-refractivity contribution in [1.29, 1.82) is 0 Å². The lowest BCUT2D eigenvalue weighted by Gasteiger charge is -2.59. The Morgan fingerprint density at radius 3 is 2.35 bits per heavy atom. The number of hydrogen-bond acceptors (Lipinski definition) is 5. The highest BCUT2D eigenvalue weighted by molar-refractivity contribution is 6.09. The van der Waals surface area contributed by atoms with Crippen molar-refractivity contribution in [3.63, 3.8) is 0 Å². The Morgan fingerprint density at radius 1 is 1.09 bits per heavy atom. The lowest BCUT2D eigenvalue weighted by atomic mass is 9.48. The maximum absolute atomic E-state index is 13.3. The van der Waals surface area contributed by atoms with Gasteiger partial charge in [0.05, 0.1) is 0 Å². The van der Waals surface area contributed by atoms with Crippen LogP contribution in [-0.4, -0.2) is 48.5 Å². The number of carbonyl (C=O) groups excluding carboxylic acids is 3. The standard InChI is InChI=1S/C26H33N3O5/c1-15(26-11-16-7-17(12-26)9-18(8-16)13-26)27-22(30)14-29-23(31)25(2,28-24(29)32)19-3-4-20-21(10-19)34-6-5-33-20/h3-4,10,15-18H,5-9,11-14H2,1-2H3,(H,27,30)(H,28,32)/t15-,16?,17?,18?,25+,26?/m1/s1. The van der Waals surface area contributed by atoms with Crippen LogP contribution in [0.4, 0.5) is 4.79 Å². The average Bonchev–Trinajstić information content (AvgIpc) is 3.01. The van der Waals surface area contributed by atoms with Crippen molar-refractivity contribution in [2.75, 3.05) is 19.8 Å². The lowest BCUT2D eigenvalue weighted by molar-refractivity contribution is -0.136. The molecule has 1 aromatic rings. The summed E-state index contributed by atoms with van der Waals surface area (Å²) >= 11 is 0. The first-order chi connectivity index (χ1) is 16.3. The highest BCUT2D eigenvalue weighted by Crippen LogP contribution is 2.61. The van der Waals surface area contributed by atoms with Crippen molar-refractivity contribution in [2.45, 2.75) is 64.0 Å². The summed E-state index contributed by atoms with van der Waals surface area (Å²) in [6.45, 7) is 4.40. The molecule has 2 heterocycles. The second-order valence-corrected chi connectivity index (χ2v) is 11.4. The molecule has 0 spiro atoms. The largest absolute Gasteiger partial charge is 0.486 e. The number of benzene rings is 1. The van der Waals surface area contributed by atoms with Gasteiger partial charge in [-0.25, -0.2) is 4.79 Å². The predicted octanol–water partition coefficient (Wildman–Crippen LogP) is 2.95. The Balaban J connectivity index is 1.14. The van der Waals surface area contributed by atoms with Gasteiger partial charge in [0.2, 0.25) is 5.91 Å². The van der Waals surface area contributed by atoms with Crippen LogP contribution in [0.5, 0.6) is 11.5 Å². The first-order valence-corrected chi connectivity index (χ1v) is 12.6. The summed E-state index contributed by atoms with van der Waals surface area (Å²) in [6.07, 6.45) is 7.60. The molecule has 4 saturated carbocycles. The molecule has 2 N–H and O–H groups in total. The maximum atomic E-state index is 13.3. The monoisotopic (exact) mass is 467 g/mol. The molecule has 8 nitrogen and oxygen atoms in total. The van der Waals surface area contributed by atoms with E-state index in [9.17, 15) is 14.4 Å². The number of urea groups is 1. The molecule has 0 radical (unpaired) electrons. The molecule has 4 bridgehead atoms. The molecule has 1 aromatic carbocycles. The third kappa shape index (κ3) is 3.36.